The van der Waals surface area contributed by atoms with E-state index in [0.29, 0.717) is 6.54 Å². The van der Waals surface area contributed by atoms with Crippen LogP contribution in [0.5, 0.6) is 0 Å². The van der Waals surface area contributed by atoms with Crippen molar-refractivity contribution in [3.05, 3.63) is 29.6 Å². The number of benzene rings is 1. The van der Waals surface area contributed by atoms with E-state index < -0.39 is 0 Å². The number of hydrogen-bond acceptors (Lipinski definition) is 3. The summed E-state index contributed by atoms with van der Waals surface area (Å²) in [4.78, 5) is 2.24. The molecule has 2 atom stereocenters. The summed E-state index contributed by atoms with van der Waals surface area (Å²) in [5.41, 5.74) is 1.76. The first-order chi connectivity index (χ1) is 9.61. The highest BCUT2D eigenvalue weighted by atomic mass is 19.1. The van der Waals surface area contributed by atoms with Gasteiger partial charge in [0.2, 0.25) is 0 Å². The van der Waals surface area contributed by atoms with Crippen molar-refractivity contribution in [1.82, 2.24) is 5.32 Å². The summed E-state index contributed by atoms with van der Waals surface area (Å²) in [5, 5.41) is 3.30. The van der Waals surface area contributed by atoms with E-state index in [9.17, 15) is 4.39 Å². The molecular formula is C16H25FN2O. The van der Waals surface area contributed by atoms with Gasteiger partial charge in [-0.1, -0.05) is 13.0 Å². The van der Waals surface area contributed by atoms with Crippen molar-refractivity contribution in [2.24, 2.45) is 0 Å². The number of hydrogen-bond donors (Lipinski definition) is 1. The monoisotopic (exact) mass is 280 g/mol. The summed E-state index contributed by atoms with van der Waals surface area (Å²) < 4.78 is 19.9. The Bertz CT molecular complexity index is 428. The normalized spacial score (nSPS) is 23.1. The first-order valence-corrected chi connectivity index (χ1v) is 7.50. The van der Waals surface area contributed by atoms with Gasteiger partial charge in [0.25, 0.3) is 0 Å². The number of anilines is 1. The molecule has 2 rings (SSSR count). The smallest absolute Gasteiger partial charge is 0.129 e. The van der Waals surface area contributed by atoms with Crippen molar-refractivity contribution in [3.8, 4) is 0 Å². The summed E-state index contributed by atoms with van der Waals surface area (Å²) >= 11 is 0. The van der Waals surface area contributed by atoms with Gasteiger partial charge in [-0.2, -0.15) is 0 Å². The average molecular weight is 280 g/mol. The Morgan fingerprint density at radius 2 is 2.00 bits per heavy atom. The fourth-order valence-corrected chi connectivity index (χ4v) is 2.78. The van der Waals surface area contributed by atoms with Gasteiger partial charge in [-0.05, 0) is 38.9 Å². The molecule has 20 heavy (non-hydrogen) atoms. The molecule has 1 aromatic rings. The molecule has 0 saturated carbocycles. The molecule has 112 valence electrons. The molecule has 0 spiro atoms. The fourth-order valence-electron chi connectivity index (χ4n) is 2.78. The Hall–Kier alpha value is -1.13. The van der Waals surface area contributed by atoms with Gasteiger partial charge in [0.05, 0.1) is 12.2 Å². The van der Waals surface area contributed by atoms with Crippen LogP contribution in [0, 0.1) is 5.82 Å². The number of halogens is 1. The lowest BCUT2D eigenvalue weighted by Crippen LogP contribution is -2.46. The van der Waals surface area contributed by atoms with Gasteiger partial charge in [-0.3, -0.25) is 0 Å². The minimum Gasteiger partial charge on any atom is -0.372 e. The van der Waals surface area contributed by atoms with Gasteiger partial charge in [-0.15, -0.1) is 0 Å². The molecule has 1 saturated heterocycles. The van der Waals surface area contributed by atoms with Crippen LogP contribution in [-0.4, -0.2) is 31.8 Å². The maximum absolute atomic E-state index is 14.1. The Labute approximate surface area is 121 Å². The molecule has 0 aromatic heterocycles. The first-order valence-electron chi connectivity index (χ1n) is 7.50. The Balaban J connectivity index is 2.19. The van der Waals surface area contributed by atoms with Crippen LogP contribution in [0.2, 0.25) is 0 Å². The lowest BCUT2D eigenvalue weighted by Gasteiger charge is -2.38. The van der Waals surface area contributed by atoms with Crippen LogP contribution in [-0.2, 0) is 11.3 Å². The van der Waals surface area contributed by atoms with Gasteiger partial charge in [0, 0.05) is 30.9 Å². The van der Waals surface area contributed by atoms with Crippen LogP contribution >= 0.6 is 0 Å². The van der Waals surface area contributed by atoms with E-state index in [4.69, 9.17) is 4.74 Å². The Kier molecular flexibility index (Phi) is 5.38. The van der Waals surface area contributed by atoms with E-state index in [1.165, 1.54) is 0 Å². The molecule has 0 radical (unpaired) electrons. The van der Waals surface area contributed by atoms with Crippen molar-refractivity contribution < 1.29 is 9.13 Å². The minimum absolute atomic E-state index is 0.127. The second-order valence-electron chi connectivity index (χ2n) is 5.58. The maximum Gasteiger partial charge on any atom is 0.129 e. The molecule has 4 heteroatoms. The first kappa shape index (κ1) is 15.3. The molecule has 1 fully saturated rings. The predicted molar refractivity (Wildman–Crippen MR) is 80.6 cm³/mol. The molecule has 2 unspecified atom stereocenters. The quantitative estimate of drug-likeness (QED) is 0.839. The molecule has 1 heterocycles. The van der Waals surface area contributed by atoms with Gasteiger partial charge in [-0.25, -0.2) is 4.39 Å². The lowest BCUT2D eigenvalue weighted by atomic mass is 10.1. The van der Waals surface area contributed by atoms with Gasteiger partial charge < -0.3 is 15.0 Å². The van der Waals surface area contributed by atoms with Crippen molar-refractivity contribution in [2.75, 3.05) is 24.5 Å². The van der Waals surface area contributed by atoms with Gasteiger partial charge in [0.1, 0.15) is 5.82 Å². The van der Waals surface area contributed by atoms with E-state index in [1.54, 1.807) is 12.1 Å². The van der Waals surface area contributed by atoms with E-state index >= 15 is 0 Å². The number of ether oxygens (including phenoxy) is 1. The number of nitrogens with one attached hydrogen (secondary N) is 1. The van der Waals surface area contributed by atoms with Crippen molar-refractivity contribution >= 4 is 5.69 Å². The molecule has 1 aliphatic rings. The van der Waals surface area contributed by atoms with Gasteiger partial charge in [0.15, 0.2) is 0 Å². The van der Waals surface area contributed by atoms with E-state index in [2.05, 4.69) is 31.0 Å². The second kappa shape index (κ2) is 7.04. The van der Waals surface area contributed by atoms with Crippen molar-refractivity contribution in [3.63, 3.8) is 0 Å². The summed E-state index contributed by atoms with van der Waals surface area (Å²) in [6.07, 6.45) is 1.41. The standard InChI is InChI=1S/C16H25FN2O/c1-4-8-18-9-14-15(17)6-5-7-16(14)19-10-12(2)20-13(3)11-19/h5-7,12-13,18H,4,8-11H2,1-3H3. The van der Waals surface area contributed by atoms with Crippen molar-refractivity contribution in [1.29, 1.82) is 0 Å². The average Bonchev–Trinajstić information content (AvgIpc) is 2.39. The number of morpholine rings is 1. The zero-order valence-electron chi connectivity index (χ0n) is 12.7. The molecule has 0 bridgehead atoms. The summed E-state index contributed by atoms with van der Waals surface area (Å²) in [7, 11) is 0. The van der Waals surface area contributed by atoms with Crippen LogP contribution in [0.1, 0.15) is 32.8 Å². The topological polar surface area (TPSA) is 24.5 Å². The van der Waals surface area contributed by atoms with Crippen LogP contribution in [0.15, 0.2) is 18.2 Å². The Morgan fingerprint density at radius 3 is 2.65 bits per heavy atom. The zero-order valence-corrected chi connectivity index (χ0v) is 12.7. The summed E-state index contributed by atoms with van der Waals surface area (Å²) in [6, 6.07) is 5.34. The van der Waals surface area contributed by atoms with E-state index in [0.717, 1.165) is 37.3 Å². The highest BCUT2D eigenvalue weighted by molar-refractivity contribution is 5.54. The molecule has 1 aromatic carbocycles. The van der Waals surface area contributed by atoms with Crippen LogP contribution in [0.3, 0.4) is 0 Å². The van der Waals surface area contributed by atoms with Crippen LogP contribution in [0.4, 0.5) is 10.1 Å². The molecule has 1 N–H and O–H groups in total. The third-order valence-electron chi connectivity index (χ3n) is 3.58. The largest absolute Gasteiger partial charge is 0.372 e. The number of rotatable bonds is 5. The van der Waals surface area contributed by atoms with E-state index in [-0.39, 0.29) is 18.0 Å². The van der Waals surface area contributed by atoms with E-state index in [1.807, 2.05) is 6.07 Å². The van der Waals surface area contributed by atoms with Crippen molar-refractivity contribution in [2.45, 2.75) is 45.9 Å². The lowest BCUT2D eigenvalue weighted by molar-refractivity contribution is -0.00528. The molecule has 0 aliphatic carbocycles. The predicted octanol–water partition coefficient (Wildman–Crippen LogP) is 2.94. The third-order valence-corrected chi connectivity index (χ3v) is 3.58. The third kappa shape index (κ3) is 3.70. The van der Waals surface area contributed by atoms with Crippen LogP contribution < -0.4 is 10.2 Å². The zero-order chi connectivity index (χ0) is 14.5. The fraction of sp³-hybridized carbons (Fsp3) is 0.625. The highest BCUT2D eigenvalue weighted by Crippen LogP contribution is 2.26. The Morgan fingerprint density at radius 1 is 1.30 bits per heavy atom. The second-order valence-corrected chi connectivity index (χ2v) is 5.58. The summed E-state index contributed by atoms with van der Waals surface area (Å²) in [6.45, 7) is 9.36. The molecule has 3 nitrogen and oxygen atoms in total. The molecule has 0 amide bonds. The number of nitrogens with zero attached hydrogens (tertiary/aromatic N) is 1. The maximum atomic E-state index is 14.1. The van der Waals surface area contributed by atoms with Gasteiger partial charge >= 0.3 is 0 Å². The highest BCUT2D eigenvalue weighted by Gasteiger charge is 2.24. The summed E-state index contributed by atoms with van der Waals surface area (Å²) in [5.74, 6) is -0.127. The minimum atomic E-state index is -0.127. The SMILES string of the molecule is CCCNCc1c(F)cccc1N1CC(C)OC(C)C1. The van der Waals surface area contributed by atoms with Crippen LogP contribution in [0.25, 0.3) is 0 Å². The molecule has 1 aliphatic heterocycles. The molecular weight excluding hydrogens is 255 g/mol.